The predicted octanol–water partition coefficient (Wildman–Crippen LogP) is 24.6. The lowest BCUT2D eigenvalue weighted by atomic mass is 10.0. The van der Waals surface area contributed by atoms with Crippen molar-refractivity contribution >= 4 is 39.5 Å². The van der Waals surface area contributed by atoms with Crippen molar-refractivity contribution in [3.63, 3.8) is 0 Å². The van der Waals surface area contributed by atoms with Crippen LogP contribution in [-0.2, 0) is 65.4 Å². The van der Waals surface area contributed by atoms with Gasteiger partial charge in [-0.1, -0.05) is 387 Å². The van der Waals surface area contributed by atoms with E-state index in [9.17, 15) is 43.2 Å². The number of carbonyl (C=O) groups excluding carboxylic acids is 4. The molecule has 594 valence electrons. The van der Waals surface area contributed by atoms with Gasteiger partial charge < -0.3 is 33.8 Å². The van der Waals surface area contributed by atoms with E-state index in [0.29, 0.717) is 25.7 Å². The van der Waals surface area contributed by atoms with Crippen LogP contribution < -0.4 is 0 Å². The Morgan fingerprint density at radius 1 is 0.240 bits per heavy atom. The van der Waals surface area contributed by atoms with Crippen molar-refractivity contribution in [2.45, 2.75) is 457 Å². The highest BCUT2D eigenvalue weighted by Gasteiger charge is 2.30. The van der Waals surface area contributed by atoms with Gasteiger partial charge in [-0.05, 0) is 25.7 Å². The lowest BCUT2D eigenvalue weighted by molar-refractivity contribution is -0.161. The van der Waals surface area contributed by atoms with Gasteiger partial charge in [-0.2, -0.15) is 0 Å². The number of hydrogen-bond acceptors (Lipinski definition) is 15. The Kier molecular flexibility index (Phi) is 73.8. The van der Waals surface area contributed by atoms with Crippen molar-refractivity contribution in [1.82, 2.24) is 0 Å². The van der Waals surface area contributed by atoms with Crippen molar-refractivity contribution in [2.75, 3.05) is 39.6 Å². The molecule has 0 heterocycles. The van der Waals surface area contributed by atoms with Crippen LogP contribution >= 0.6 is 15.6 Å². The van der Waals surface area contributed by atoms with Crippen LogP contribution in [0.1, 0.15) is 439 Å². The average Bonchev–Trinajstić information content (AvgIpc) is 0.916. The van der Waals surface area contributed by atoms with Crippen molar-refractivity contribution in [1.29, 1.82) is 0 Å². The lowest BCUT2D eigenvalue weighted by Crippen LogP contribution is -2.30. The molecule has 2 unspecified atom stereocenters. The third-order valence-corrected chi connectivity index (χ3v) is 21.0. The standard InChI is InChI=1S/C81H158O17P2/c1-5-9-13-17-20-23-26-29-32-35-37-39-41-44-47-50-53-56-60-64-68-81(86)98-77(72-92-79(84)66-62-58-54-51-48-45-43-40-38-36-33-30-27-24-21-18-14-10-6-2)74-96-100(89,90)94-70-75(82)69-93-99(87,88)95-73-76(71-91-78(83)65-61-57-16-12-8-4)97-80(85)67-63-59-55-52-49-46-42-34-31-28-25-22-19-15-11-7-3/h75-77,82H,5-74H2,1-4H3,(H,87,88)(H,89,90)/t75-,76+,77+/m0/s1. The minimum Gasteiger partial charge on any atom is -0.462 e. The Labute approximate surface area is 613 Å². The van der Waals surface area contributed by atoms with E-state index in [1.54, 1.807) is 0 Å². The molecule has 0 aromatic rings. The molecule has 0 amide bonds. The van der Waals surface area contributed by atoms with Crippen molar-refractivity contribution < 1.29 is 80.2 Å². The molecule has 3 N–H and O–H groups in total. The Hall–Kier alpha value is -1.94. The van der Waals surface area contributed by atoms with E-state index in [0.717, 1.165) is 96.3 Å². The van der Waals surface area contributed by atoms with Gasteiger partial charge in [0, 0.05) is 25.7 Å². The fourth-order valence-electron chi connectivity index (χ4n) is 12.6. The normalized spacial score (nSPS) is 13.8. The molecule has 0 aliphatic heterocycles. The fraction of sp³-hybridized carbons (Fsp3) is 0.951. The minimum absolute atomic E-state index is 0.108. The Balaban J connectivity index is 5.11. The molecule has 100 heavy (non-hydrogen) atoms. The molecular formula is C81H158O17P2. The number of hydrogen-bond donors (Lipinski definition) is 3. The molecule has 0 spiro atoms. The van der Waals surface area contributed by atoms with Gasteiger partial charge in [-0.3, -0.25) is 37.3 Å². The zero-order valence-electron chi connectivity index (χ0n) is 65.2. The van der Waals surface area contributed by atoms with Gasteiger partial charge in [0.25, 0.3) is 0 Å². The maximum atomic E-state index is 13.1. The van der Waals surface area contributed by atoms with Gasteiger partial charge in [0.2, 0.25) is 0 Å². The number of rotatable bonds is 82. The topological polar surface area (TPSA) is 237 Å². The van der Waals surface area contributed by atoms with E-state index in [4.69, 9.17) is 37.0 Å². The van der Waals surface area contributed by atoms with Crippen LogP contribution in [0.5, 0.6) is 0 Å². The van der Waals surface area contributed by atoms with Crippen molar-refractivity contribution in [3.05, 3.63) is 0 Å². The molecule has 0 radical (unpaired) electrons. The molecule has 19 heteroatoms. The second-order valence-electron chi connectivity index (χ2n) is 29.2. The number of carbonyl (C=O) groups is 4. The van der Waals surface area contributed by atoms with E-state index in [2.05, 4.69) is 27.7 Å². The molecule has 0 aliphatic rings. The van der Waals surface area contributed by atoms with Crippen LogP contribution in [0.15, 0.2) is 0 Å². The molecule has 5 atom stereocenters. The molecular weight excluding hydrogens is 1310 g/mol. The smallest absolute Gasteiger partial charge is 0.462 e. The summed E-state index contributed by atoms with van der Waals surface area (Å²) in [5.41, 5.74) is 0. The van der Waals surface area contributed by atoms with Crippen LogP contribution in [-0.4, -0.2) is 96.7 Å². The molecule has 0 saturated carbocycles. The second-order valence-corrected chi connectivity index (χ2v) is 32.1. The summed E-state index contributed by atoms with van der Waals surface area (Å²) in [5.74, 6) is -2.12. The van der Waals surface area contributed by atoms with Crippen molar-refractivity contribution in [3.8, 4) is 0 Å². The number of esters is 4. The van der Waals surface area contributed by atoms with Crippen LogP contribution in [0.4, 0.5) is 0 Å². The number of unbranched alkanes of at least 4 members (excludes halogenated alkanes) is 56. The van der Waals surface area contributed by atoms with Gasteiger partial charge >= 0.3 is 39.5 Å². The third kappa shape index (κ3) is 74.3. The summed E-state index contributed by atoms with van der Waals surface area (Å²) in [6, 6.07) is 0. The Morgan fingerprint density at radius 3 is 0.590 bits per heavy atom. The molecule has 0 aromatic heterocycles. The first-order valence-electron chi connectivity index (χ1n) is 42.3. The summed E-state index contributed by atoms with van der Waals surface area (Å²) in [5, 5.41) is 10.6. The zero-order chi connectivity index (χ0) is 73.2. The first kappa shape index (κ1) is 98.1. The summed E-state index contributed by atoms with van der Waals surface area (Å²) in [6.07, 6.45) is 68.5. The van der Waals surface area contributed by atoms with E-state index in [1.165, 1.54) is 263 Å². The van der Waals surface area contributed by atoms with E-state index >= 15 is 0 Å². The maximum absolute atomic E-state index is 13.1. The first-order valence-corrected chi connectivity index (χ1v) is 45.3. The number of ether oxygens (including phenoxy) is 4. The van der Waals surface area contributed by atoms with Gasteiger partial charge in [0.1, 0.15) is 19.3 Å². The molecule has 0 aliphatic carbocycles. The van der Waals surface area contributed by atoms with Gasteiger partial charge in [-0.15, -0.1) is 0 Å². The summed E-state index contributed by atoms with van der Waals surface area (Å²) < 4.78 is 68.5. The molecule has 0 saturated heterocycles. The zero-order valence-corrected chi connectivity index (χ0v) is 67.0. The van der Waals surface area contributed by atoms with Crippen LogP contribution in [0.2, 0.25) is 0 Å². The van der Waals surface area contributed by atoms with Gasteiger partial charge in [0.05, 0.1) is 26.4 Å². The highest BCUT2D eigenvalue weighted by Crippen LogP contribution is 2.45. The van der Waals surface area contributed by atoms with Gasteiger partial charge in [-0.25, -0.2) is 9.13 Å². The van der Waals surface area contributed by atoms with Crippen LogP contribution in [0.25, 0.3) is 0 Å². The van der Waals surface area contributed by atoms with Crippen molar-refractivity contribution in [2.24, 2.45) is 0 Å². The second kappa shape index (κ2) is 75.3. The molecule has 0 rings (SSSR count). The van der Waals surface area contributed by atoms with E-state index in [-0.39, 0.29) is 25.7 Å². The first-order chi connectivity index (χ1) is 48.7. The molecule has 0 bridgehead atoms. The van der Waals surface area contributed by atoms with Crippen LogP contribution in [0.3, 0.4) is 0 Å². The molecule has 17 nitrogen and oxygen atoms in total. The highest BCUT2D eigenvalue weighted by molar-refractivity contribution is 7.47. The highest BCUT2D eigenvalue weighted by atomic mass is 31.2. The monoisotopic (exact) mass is 1470 g/mol. The minimum atomic E-state index is -4.96. The number of aliphatic hydroxyl groups excluding tert-OH is 1. The van der Waals surface area contributed by atoms with E-state index in [1.807, 2.05) is 0 Å². The average molecular weight is 1470 g/mol. The Morgan fingerprint density at radius 2 is 0.400 bits per heavy atom. The summed E-state index contributed by atoms with van der Waals surface area (Å²) in [6.45, 7) is 4.94. The third-order valence-electron chi connectivity index (χ3n) is 19.1. The quantitative estimate of drug-likeness (QED) is 0.0222. The fourth-order valence-corrected chi connectivity index (χ4v) is 14.2. The largest absolute Gasteiger partial charge is 0.472 e. The van der Waals surface area contributed by atoms with Crippen LogP contribution in [0, 0.1) is 0 Å². The summed E-state index contributed by atoms with van der Waals surface area (Å²) in [7, 11) is -9.91. The SMILES string of the molecule is CCCCCCCCCCCCCCCCCCCCCCC(=O)O[C@H](COC(=O)CCCCCCCCCCCCCCCCCCCCC)COP(=O)(O)OC[C@@H](O)COP(=O)(O)OC[C@@H](COC(=O)CCCCCCC)OC(=O)CCCCCCCCCCCCCCCCCC. The Bertz CT molecular complexity index is 1890. The van der Waals surface area contributed by atoms with Gasteiger partial charge in [0.15, 0.2) is 12.2 Å². The summed E-state index contributed by atoms with van der Waals surface area (Å²) >= 11 is 0. The summed E-state index contributed by atoms with van der Waals surface area (Å²) in [4.78, 5) is 72.7. The molecule has 0 aromatic carbocycles. The predicted molar refractivity (Wildman–Crippen MR) is 409 cm³/mol. The number of phosphoric ester groups is 2. The maximum Gasteiger partial charge on any atom is 0.472 e. The lowest BCUT2D eigenvalue weighted by Gasteiger charge is -2.21. The molecule has 0 fully saturated rings. The number of phosphoric acid groups is 2. The number of aliphatic hydroxyl groups is 1. The van der Waals surface area contributed by atoms with E-state index < -0.39 is 97.5 Å².